The van der Waals surface area contributed by atoms with Crippen molar-refractivity contribution in [2.75, 3.05) is 18.8 Å². The van der Waals surface area contributed by atoms with Gasteiger partial charge in [0.1, 0.15) is 6.61 Å². The molecule has 0 unspecified atom stereocenters. The van der Waals surface area contributed by atoms with Gasteiger partial charge in [0, 0.05) is 18.3 Å². The van der Waals surface area contributed by atoms with E-state index in [1.165, 1.54) is 11.8 Å². The van der Waals surface area contributed by atoms with Crippen LogP contribution in [0.3, 0.4) is 0 Å². The maximum absolute atomic E-state index is 12.0. The molecule has 1 saturated heterocycles. The summed E-state index contributed by atoms with van der Waals surface area (Å²) in [6.07, 6.45) is 1.51. The summed E-state index contributed by atoms with van der Waals surface area (Å²) in [7, 11) is 0. The number of carbonyl (C=O) groups excluding carboxylic acids is 1. The van der Waals surface area contributed by atoms with Gasteiger partial charge < -0.3 is 14.7 Å². The van der Waals surface area contributed by atoms with E-state index in [4.69, 9.17) is 9.84 Å². The number of amides is 1. The summed E-state index contributed by atoms with van der Waals surface area (Å²) in [6, 6.07) is 9.55. The highest BCUT2D eigenvalue weighted by molar-refractivity contribution is 8.00. The minimum atomic E-state index is -0.816. The molecule has 1 atom stereocenters. The monoisotopic (exact) mass is 309 g/mol. The van der Waals surface area contributed by atoms with Crippen molar-refractivity contribution in [3.63, 3.8) is 0 Å². The average molecular weight is 309 g/mol. The smallest absolute Gasteiger partial charge is 0.410 e. The Labute approximate surface area is 128 Å². The molecule has 0 spiro atoms. The molecule has 0 radical (unpaired) electrons. The van der Waals surface area contributed by atoms with Crippen molar-refractivity contribution >= 4 is 23.8 Å². The molecular formula is C15H19NO4S. The number of likely N-dealkylation sites (tertiary alicyclic amines) is 1. The number of rotatable bonds is 5. The topological polar surface area (TPSA) is 66.8 Å². The maximum atomic E-state index is 12.0. The zero-order chi connectivity index (χ0) is 15.1. The van der Waals surface area contributed by atoms with Crippen LogP contribution in [0.4, 0.5) is 4.79 Å². The number of aliphatic carboxylic acids is 1. The van der Waals surface area contributed by atoms with Gasteiger partial charge in [-0.3, -0.25) is 4.79 Å². The quantitative estimate of drug-likeness (QED) is 0.905. The number of nitrogens with zero attached hydrogens (tertiary/aromatic N) is 1. The fourth-order valence-electron chi connectivity index (χ4n) is 2.24. The van der Waals surface area contributed by atoms with Gasteiger partial charge in [0.15, 0.2) is 0 Å². The molecule has 1 N–H and O–H groups in total. The maximum Gasteiger partial charge on any atom is 0.410 e. The Morgan fingerprint density at radius 3 is 2.81 bits per heavy atom. The van der Waals surface area contributed by atoms with Gasteiger partial charge in [-0.15, -0.1) is 11.8 Å². The lowest BCUT2D eigenvalue weighted by atomic mass is 10.1. The number of carbonyl (C=O) groups is 2. The number of carboxylic acids is 1. The minimum absolute atomic E-state index is 0.0809. The second-order valence-corrected chi connectivity index (χ2v) is 6.24. The number of hydrogen-bond donors (Lipinski definition) is 1. The highest BCUT2D eigenvalue weighted by Crippen LogP contribution is 2.23. The zero-order valence-electron chi connectivity index (χ0n) is 11.7. The number of hydrogen-bond acceptors (Lipinski definition) is 4. The molecule has 114 valence electrons. The first-order valence-electron chi connectivity index (χ1n) is 6.94. The third kappa shape index (κ3) is 5.30. The van der Waals surface area contributed by atoms with Gasteiger partial charge in [-0.2, -0.15) is 0 Å². The number of thioether (sulfide) groups is 1. The van der Waals surface area contributed by atoms with Gasteiger partial charge in [-0.1, -0.05) is 30.3 Å². The van der Waals surface area contributed by atoms with Crippen molar-refractivity contribution in [1.82, 2.24) is 4.90 Å². The minimum Gasteiger partial charge on any atom is -0.481 e. The molecule has 1 amide bonds. The van der Waals surface area contributed by atoms with Crippen molar-refractivity contribution in [1.29, 1.82) is 0 Å². The summed E-state index contributed by atoms with van der Waals surface area (Å²) in [5.41, 5.74) is 0.958. The third-order valence-corrected chi connectivity index (χ3v) is 4.55. The first-order valence-corrected chi connectivity index (χ1v) is 7.99. The van der Waals surface area contributed by atoms with Crippen molar-refractivity contribution in [3.05, 3.63) is 35.9 Å². The van der Waals surface area contributed by atoms with Crippen molar-refractivity contribution < 1.29 is 19.4 Å². The summed E-state index contributed by atoms with van der Waals surface area (Å²) in [5, 5.41) is 8.88. The predicted octanol–water partition coefficient (Wildman–Crippen LogP) is 2.61. The fourth-order valence-corrected chi connectivity index (χ4v) is 3.24. The summed E-state index contributed by atoms with van der Waals surface area (Å²) in [5.74, 6) is -0.735. The molecule has 0 bridgehead atoms. The highest BCUT2D eigenvalue weighted by atomic mass is 32.2. The van der Waals surface area contributed by atoms with Crippen LogP contribution in [0.15, 0.2) is 30.3 Å². The van der Waals surface area contributed by atoms with Crippen molar-refractivity contribution in [2.24, 2.45) is 0 Å². The summed E-state index contributed by atoms with van der Waals surface area (Å²) < 4.78 is 5.30. The first-order chi connectivity index (χ1) is 10.1. The average Bonchev–Trinajstić information content (AvgIpc) is 2.52. The molecule has 1 aromatic carbocycles. The van der Waals surface area contributed by atoms with Gasteiger partial charge in [-0.05, 0) is 18.4 Å². The van der Waals surface area contributed by atoms with Crippen LogP contribution in [-0.4, -0.2) is 46.2 Å². The van der Waals surface area contributed by atoms with E-state index in [2.05, 4.69) is 0 Å². The number of piperidine rings is 1. The van der Waals surface area contributed by atoms with Gasteiger partial charge in [0.05, 0.1) is 5.75 Å². The van der Waals surface area contributed by atoms with E-state index in [1.807, 2.05) is 30.3 Å². The van der Waals surface area contributed by atoms with Gasteiger partial charge >= 0.3 is 12.1 Å². The third-order valence-electron chi connectivity index (χ3n) is 3.28. The molecule has 2 rings (SSSR count). The molecule has 1 aliphatic heterocycles. The first kappa shape index (κ1) is 15.7. The molecule has 1 fully saturated rings. The lowest BCUT2D eigenvalue weighted by Gasteiger charge is -2.31. The summed E-state index contributed by atoms with van der Waals surface area (Å²) in [6.45, 7) is 1.51. The van der Waals surface area contributed by atoms with Crippen LogP contribution in [0.25, 0.3) is 0 Å². The Bertz CT molecular complexity index is 480. The van der Waals surface area contributed by atoms with Crippen LogP contribution in [0.1, 0.15) is 18.4 Å². The lowest BCUT2D eigenvalue weighted by Crippen LogP contribution is -2.41. The molecule has 1 heterocycles. The van der Waals surface area contributed by atoms with Crippen LogP contribution >= 0.6 is 11.8 Å². The van der Waals surface area contributed by atoms with Gasteiger partial charge in [0.2, 0.25) is 0 Å². The van der Waals surface area contributed by atoms with Crippen molar-refractivity contribution in [2.45, 2.75) is 24.7 Å². The van der Waals surface area contributed by atoms with Crippen LogP contribution in [0.5, 0.6) is 0 Å². The normalized spacial score (nSPS) is 18.3. The fraction of sp³-hybridized carbons (Fsp3) is 0.467. The number of ether oxygens (including phenoxy) is 1. The van der Waals surface area contributed by atoms with Gasteiger partial charge in [0.25, 0.3) is 0 Å². The second kappa shape index (κ2) is 7.93. The Morgan fingerprint density at radius 1 is 1.33 bits per heavy atom. The van der Waals surface area contributed by atoms with Crippen LogP contribution in [0, 0.1) is 0 Å². The van der Waals surface area contributed by atoms with E-state index in [0.29, 0.717) is 13.1 Å². The Hall–Kier alpha value is -1.69. The molecular weight excluding hydrogens is 290 g/mol. The number of carboxylic acid groups (broad SMARTS) is 1. The standard InChI is InChI=1S/C15H19NO4S/c17-14(18)11-21-13-7-4-8-16(9-13)15(19)20-10-12-5-2-1-3-6-12/h1-3,5-6,13H,4,7-11H2,(H,17,18)/t13-/m0/s1. The van der Waals surface area contributed by atoms with E-state index in [-0.39, 0.29) is 23.7 Å². The molecule has 0 saturated carbocycles. The zero-order valence-corrected chi connectivity index (χ0v) is 12.6. The molecule has 6 heteroatoms. The predicted molar refractivity (Wildman–Crippen MR) is 81.3 cm³/mol. The van der Waals surface area contributed by atoms with Crippen LogP contribution in [-0.2, 0) is 16.1 Å². The van der Waals surface area contributed by atoms with E-state index < -0.39 is 5.97 Å². The van der Waals surface area contributed by atoms with Crippen LogP contribution in [0.2, 0.25) is 0 Å². The number of benzene rings is 1. The van der Waals surface area contributed by atoms with Crippen LogP contribution < -0.4 is 0 Å². The van der Waals surface area contributed by atoms with E-state index in [1.54, 1.807) is 4.90 Å². The second-order valence-electron chi connectivity index (χ2n) is 4.96. The summed E-state index contributed by atoms with van der Waals surface area (Å²) in [4.78, 5) is 24.3. The summed E-state index contributed by atoms with van der Waals surface area (Å²) >= 11 is 1.39. The van der Waals surface area contributed by atoms with E-state index >= 15 is 0 Å². The van der Waals surface area contributed by atoms with Gasteiger partial charge in [-0.25, -0.2) is 4.79 Å². The SMILES string of the molecule is O=C(O)CS[C@H]1CCCN(C(=O)OCc2ccccc2)C1. The lowest BCUT2D eigenvalue weighted by molar-refractivity contribution is -0.133. The molecule has 0 aliphatic carbocycles. The molecule has 21 heavy (non-hydrogen) atoms. The largest absolute Gasteiger partial charge is 0.481 e. The molecule has 5 nitrogen and oxygen atoms in total. The Balaban J connectivity index is 1.77. The Morgan fingerprint density at radius 2 is 2.10 bits per heavy atom. The Kier molecular flexibility index (Phi) is 5.92. The molecule has 1 aliphatic rings. The highest BCUT2D eigenvalue weighted by Gasteiger charge is 2.25. The van der Waals surface area contributed by atoms with E-state index in [9.17, 15) is 9.59 Å². The molecule has 0 aromatic heterocycles. The molecule has 1 aromatic rings. The van der Waals surface area contributed by atoms with Crippen molar-refractivity contribution in [3.8, 4) is 0 Å². The van der Waals surface area contributed by atoms with E-state index in [0.717, 1.165) is 18.4 Å².